The third kappa shape index (κ3) is 3.42. The van der Waals surface area contributed by atoms with Gasteiger partial charge in [0.2, 0.25) is 4.77 Å². The predicted molar refractivity (Wildman–Crippen MR) is 99.7 cm³/mol. The molecule has 0 aliphatic rings. The number of ether oxygens (including phenoxy) is 3. The van der Waals surface area contributed by atoms with Crippen molar-refractivity contribution in [3.05, 3.63) is 47.0 Å². The summed E-state index contributed by atoms with van der Waals surface area (Å²) in [5, 5.41) is 11.4. The SMILES string of the molecule is COc1cc(OC)c(C=Nn2c(-c3ccncc3)n[nH]c2=S)c(OC)c1. The van der Waals surface area contributed by atoms with Gasteiger partial charge in [-0.15, -0.1) is 0 Å². The van der Waals surface area contributed by atoms with Crippen LogP contribution in [0, 0.1) is 4.77 Å². The number of methoxy groups -OCH3 is 3. The standard InChI is InChI=1S/C17H17N5O3S/c1-23-12-8-14(24-2)13(15(9-12)25-3)10-19-22-16(20-21-17(22)26)11-4-6-18-7-5-11/h4-10H,1-3H3,(H,21,26). The van der Waals surface area contributed by atoms with E-state index in [-0.39, 0.29) is 0 Å². The highest BCUT2D eigenvalue weighted by atomic mass is 32.1. The molecule has 0 amide bonds. The van der Waals surface area contributed by atoms with E-state index < -0.39 is 0 Å². The fraction of sp³-hybridized carbons (Fsp3) is 0.176. The van der Waals surface area contributed by atoms with Gasteiger partial charge in [-0.1, -0.05) is 0 Å². The van der Waals surface area contributed by atoms with E-state index in [9.17, 15) is 0 Å². The Balaban J connectivity index is 2.07. The van der Waals surface area contributed by atoms with E-state index in [1.54, 1.807) is 52.1 Å². The molecule has 0 bridgehead atoms. The molecule has 8 nitrogen and oxygen atoms in total. The van der Waals surface area contributed by atoms with Gasteiger partial charge >= 0.3 is 0 Å². The number of hydrogen-bond donors (Lipinski definition) is 1. The third-order valence-corrected chi connectivity index (χ3v) is 3.91. The van der Waals surface area contributed by atoms with Crippen LogP contribution in [0.3, 0.4) is 0 Å². The Bertz CT molecular complexity index is 957. The van der Waals surface area contributed by atoms with Crippen LogP contribution in [0.25, 0.3) is 11.4 Å². The quantitative estimate of drug-likeness (QED) is 0.530. The van der Waals surface area contributed by atoms with Crippen LogP contribution in [-0.4, -0.2) is 47.4 Å². The fourth-order valence-corrected chi connectivity index (χ4v) is 2.54. The number of benzene rings is 1. The Morgan fingerprint density at radius 1 is 1.08 bits per heavy atom. The number of rotatable bonds is 6. The molecule has 0 saturated heterocycles. The summed E-state index contributed by atoms with van der Waals surface area (Å²) in [6, 6.07) is 7.15. The van der Waals surface area contributed by atoms with Crippen molar-refractivity contribution in [1.29, 1.82) is 0 Å². The van der Waals surface area contributed by atoms with Gasteiger partial charge in [0.15, 0.2) is 5.82 Å². The average Bonchev–Trinajstić information content (AvgIpc) is 3.06. The van der Waals surface area contributed by atoms with Gasteiger partial charge < -0.3 is 14.2 Å². The highest BCUT2D eigenvalue weighted by Crippen LogP contribution is 2.32. The van der Waals surface area contributed by atoms with Crippen molar-refractivity contribution in [3.63, 3.8) is 0 Å². The van der Waals surface area contributed by atoms with Crippen LogP contribution in [0.5, 0.6) is 17.2 Å². The lowest BCUT2D eigenvalue weighted by atomic mass is 10.2. The molecule has 1 aromatic carbocycles. The van der Waals surface area contributed by atoms with E-state index in [4.69, 9.17) is 26.4 Å². The molecular weight excluding hydrogens is 354 g/mol. The van der Waals surface area contributed by atoms with Crippen molar-refractivity contribution in [2.45, 2.75) is 0 Å². The molecule has 0 saturated carbocycles. The lowest BCUT2D eigenvalue weighted by Crippen LogP contribution is -2.00. The van der Waals surface area contributed by atoms with Crippen molar-refractivity contribution in [2.75, 3.05) is 21.3 Å². The normalized spacial score (nSPS) is 10.9. The first kappa shape index (κ1) is 17.6. The monoisotopic (exact) mass is 371 g/mol. The zero-order valence-electron chi connectivity index (χ0n) is 14.5. The molecule has 2 heterocycles. The molecule has 9 heteroatoms. The van der Waals surface area contributed by atoms with Crippen LogP contribution >= 0.6 is 12.2 Å². The molecule has 3 rings (SSSR count). The van der Waals surface area contributed by atoms with Crippen LogP contribution in [-0.2, 0) is 0 Å². The molecule has 0 fully saturated rings. The number of nitrogens with one attached hydrogen (secondary N) is 1. The summed E-state index contributed by atoms with van der Waals surface area (Å²) in [4.78, 5) is 4.01. The maximum absolute atomic E-state index is 5.43. The van der Waals surface area contributed by atoms with Crippen molar-refractivity contribution in [3.8, 4) is 28.6 Å². The number of pyridine rings is 1. The van der Waals surface area contributed by atoms with E-state index >= 15 is 0 Å². The van der Waals surface area contributed by atoms with Crippen molar-refractivity contribution >= 4 is 18.4 Å². The zero-order chi connectivity index (χ0) is 18.5. The van der Waals surface area contributed by atoms with Gasteiger partial charge in [0, 0.05) is 30.1 Å². The molecule has 0 aliphatic carbocycles. The molecule has 26 heavy (non-hydrogen) atoms. The van der Waals surface area contributed by atoms with Gasteiger partial charge in [0.1, 0.15) is 17.2 Å². The van der Waals surface area contributed by atoms with Crippen molar-refractivity contribution < 1.29 is 14.2 Å². The molecule has 1 N–H and O–H groups in total. The summed E-state index contributed by atoms with van der Waals surface area (Å²) >= 11 is 5.28. The van der Waals surface area contributed by atoms with Gasteiger partial charge in [0.05, 0.1) is 33.1 Å². The lowest BCUT2D eigenvalue weighted by Gasteiger charge is -2.12. The summed E-state index contributed by atoms with van der Waals surface area (Å²) in [6.45, 7) is 0. The Morgan fingerprint density at radius 2 is 1.73 bits per heavy atom. The second-order valence-electron chi connectivity index (χ2n) is 5.09. The maximum Gasteiger partial charge on any atom is 0.216 e. The molecule has 3 aromatic rings. The molecule has 2 aromatic heterocycles. The van der Waals surface area contributed by atoms with Gasteiger partial charge in [0.25, 0.3) is 0 Å². The van der Waals surface area contributed by atoms with Gasteiger partial charge in [-0.2, -0.15) is 14.9 Å². The topological polar surface area (TPSA) is 86.5 Å². The first-order valence-corrected chi connectivity index (χ1v) is 8.01. The van der Waals surface area contributed by atoms with E-state index in [0.717, 1.165) is 5.56 Å². The molecular formula is C17H17N5O3S. The van der Waals surface area contributed by atoms with Crippen molar-refractivity contribution in [1.82, 2.24) is 19.9 Å². The summed E-state index contributed by atoms with van der Waals surface area (Å²) in [6.07, 6.45) is 4.96. The smallest absolute Gasteiger partial charge is 0.216 e. The van der Waals surface area contributed by atoms with Crippen LogP contribution in [0.15, 0.2) is 41.8 Å². The number of aromatic amines is 1. The predicted octanol–water partition coefficient (Wildman–Crippen LogP) is 2.91. The van der Waals surface area contributed by atoms with E-state index in [1.165, 1.54) is 4.68 Å². The first-order chi connectivity index (χ1) is 12.7. The van der Waals surface area contributed by atoms with Gasteiger partial charge in [-0.05, 0) is 24.4 Å². The van der Waals surface area contributed by atoms with Crippen LogP contribution in [0.2, 0.25) is 0 Å². The van der Waals surface area contributed by atoms with Crippen molar-refractivity contribution in [2.24, 2.45) is 5.10 Å². The Morgan fingerprint density at radius 3 is 2.31 bits per heavy atom. The largest absolute Gasteiger partial charge is 0.496 e. The van der Waals surface area contributed by atoms with Gasteiger partial charge in [-0.3, -0.25) is 4.98 Å². The maximum atomic E-state index is 5.43. The molecule has 134 valence electrons. The molecule has 0 unspecified atom stereocenters. The highest BCUT2D eigenvalue weighted by Gasteiger charge is 2.13. The van der Waals surface area contributed by atoms with Crippen LogP contribution in [0.1, 0.15) is 5.56 Å². The van der Waals surface area contributed by atoms with E-state index in [1.807, 2.05) is 12.1 Å². The summed E-state index contributed by atoms with van der Waals surface area (Å²) in [7, 11) is 4.71. The second kappa shape index (κ2) is 7.79. The minimum atomic E-state index is 0.361. The first-order valence-electron chi connectivity index (χ1n) is 7.60. The number of aromatic nitrogens is 4. The summed E-state index contributed by atoms with van der Waals surface area (Å²) < 4.78 is 18.0. The zero-order valence-corrected chi connectivity index (χ0v) is 15.3. The Hall–Kier alpha value is -3.20. The lowest BCUT2D eigenvalue weighted by molar-refractivity contribution is 0.374. The molecule has 0 radical (unpaired) electrons. The number of nitrogens with zero attached hydrogens (tertiary/aromatic N) is 4. The average molecular weight is 371 g/mol. The van der Waals surface area contributed by atoms with Crippen LogP contribution < -0.4 is 14.2 Å². The van der Waals surface area contributed by atoms with E-state index in [2.05, 4.69) is 20.3 Å². The Labute approximate surface area is 155 Å². The highest BCUT2D eigenvalue weighted by molar-refractivity contribution is 7.71. The fourth-order valence-electron chi connectivity index (χ4n) is 2.36. The third-order valence-electron chi connectivity index (χ3n) is 3.64. The summed E-state index contributed by atoms with van der Waals surface area (Å²) in [5.74, 6) is 2.31. The molecule has 0 aliphatic heterocycles. The molecule has 0 atom stereocenters. The summed E-state index contributed by atoms with van der Waals surface area (Å²) in [5.41, 5.74) is 1.48. The number of hydrogen-bond acceptors (Lipinski definition) is 7. The minimum Gasteiger partial charge on any atom is -0.496 e. The molecule has 0 spiro atoms. The minimum absolute atomic E-state index is 0.361. The second-order valence-corrected chi connectivity index (χ2v) is 5.48. The number of H-pyrrole nitrogens is 1. The van der Waals surface area contributed by atoms with E-state index in [0.29, 0.717) is 33.4 Å². The van der Waals surface area contributed by atoms with Crippen LogP contribution in [0.4, 0.5) is 0 Å². The van der Waals surface area contributed by atoms with Gasteiger partial charge in [-0.25, -0.2) is 5.10 Å². The Kier molecular flexibility index (Phi) is 5.28.